The molecule has 0 aliphatic heterocycles. The first-order valence-electron chi connectivity index (χ1n) is 4.40. The van der Waals surface area contributed by atoms with Crippen molar-refractivity contribution in [1.82, 2.24) is 15.0 Å². The van der Waals surface area contributed by atoms with Gasteiger partial charge in [0.15, 0.2) is 0 Å². The lowest BCUT2D eigenvalue weighted by Crippen LogP contribution is -2.11. The third kappa shape index (κ3) is 1.71. The second-order valence-electron chi connectivity index (χ2n) is 3.31. The van der Waals surface area contributed by atoms with Crippen LogP contribution < -0.4 is 0 Å². The van der Waals surface area contributed by atoms with Gasteiger partial charge < -0.3 is 9.84 Å². The van der Waals surface area contributed by atoms with Crippen LogP contribution in [-0.2, 0) is 4.74 Å². The molecular formula is C8H13N3O2. The SMILES string of the molecule is COC[C@@H](O)c1cnnn1C1CC1. The Morgan fingerprint density at radius 1 is 1.77 bits per heavy atom. The van der Waals surface area contributed by atoms with Crippen molar-refractivity contribution in [1.29, 1.82) is 0 Å². The number of hydrogen-bond donors (Lipinski definition) is 1. The highest BCUT2D eigenvalue weighted by molar-refractivity contribution is 5.02. The van der Waals surface area contributed by atoms with Crippen molar-refractivity contribution in [2.75, 3.05) is 13.7 Å². The monoisotopic (exact) mass is 183 g/mol. The number of hydrogen-bond acceptors (Lipinski definition) is 4. The molecule has 1 N–H and O–H groups in total. The summed E-state index contributed by atoms with van der Waals surface area (Å²) in [5.74, 6) is 0. The Kier molecular flexibility index (Phi) is 2.28. The molecule has 0 radical (unpaired) electrons. The highest BCUT2D eigenvalue weighted by Gasteiger charge is 2.28. The third-order valence-corrected chi connectivity index (χ3v) is 2.16. The summed E-state index contributed by atoms with van der Waals surface area (Å²) < 4.78 is 6.66. The lowest BCUT2D eigenvalue weighted by molar-refractivity contribution is 0.0585. The second kappa shape index (κ2) is 3.43. The molecule has 1 saturated carbocycles. The number of methoxy groups -OCH3 is 1. The number of aromatic nitrogens is 3. The first-order valence-corrected chi connectivity index (χ1v) is 4.40. The Morgan fingerprint density at radius 3 is 3.15 bits per heavy atom. The zero-order valence-corrected chi connectivity index (χ0v) is 7.55. The molecule has 1 aromatic rings. The maximum atomic E-state index is 9.64. The molecule has 0 amide bonds. The first kappa shape index (κ1) is 8.65. The maximum absolute atomic E-state index is 9.64. The quantitative estimate of drug-likeness (QED) is 0.729. The zero-order valence-electron chi connectivity index (χ0n) is 7.55. The fourth-order valence-corrected chi connectivity index (χ4v) is 1.34. The van der Waals surface area contributed by atoms with Gasteiger partial charge in [0.1, 0.15) is 6.10 Å². The lowest BCUT2D eigenvalue weighted by Gasteiger charge is -2.10. The van der Waals surface area contributed by atoms with Crippen LogP contribution in [0.4, 0.5) is 0 Å². The predicted molar refractivity (Wildman–Crippen MR) is 45.1 cm³/mol. The Labute approximate surface area is 76.3 Å². The summed E-state index contributed by atoms with van der Waals surface area (Å²) in [6, 6.07) is 0.448. The van der Waals surface area contributed by atoms with Gasteiger partial charge in [0.25, 0.3) is 0 Å². The van der Waals surface area contributed by atoms with Gasteiger partial charge >= 0.3 is 0 Å². The first-order chi connectivity index (χ1) is 6.33. The molecule has 13 heavy (non-hydrogen) atoms. The van der Waals surface area contributed by atoms with Crippen LogP contribution in [0.15, 0.2) is 6.20 Å². The Morgan fingerprint density at radius 2 is 2.54 bits per heavy atom. The lowest BCUT2D eigenvalue weighted by atomic mass is 10.3. The fourth-order valence-electron chi connectivity index (χ4n) is 1.34. The number of nitrogens with zero attached hydrogens (tertiary/aromatic N) is 3. The number of ether oxygens (including phenoxy) is 1. The molecule has 0 spiro atoms. The van der Waals surface area contributed by atoms with Crippen molar-refractivity contribution in [2.45, 2.75) is 25.0 Å². The highest BCUT2D eigenvalue weighted by atomic mass is 16.5. The molecule has 5 nitrogen and oxygen atoms in total. The molecule has 1 fully saturated rings. The Balaban J connectivity index is 2.13. The summed E-state index contributed by atoms with van der Waals surface area (Å²) in [5.41, 5.74) is 0.754. The molecule has 2 rings (SSSR count). The van der Waals surface area contributed by atoms with Gasteiger partial charge in [-0.1, -0.05) is 5.21 Å². The number of rotatable bonds is 4. The predicted octanol–water partition coefficient (Wildman–Crippen LogP) is 0.293. The van der Waals surface area contributed by atoms with Crippen LogP contribution >= 0.6 is 0 Å². The molecule has 0 aromatic carbocycles. The summed E-state index contributed by atoms with van der Waals surface area (Å²) in [4.78, 5) is 0. The van der Waals surface area contributed by atoms with Gasteiger partial charge in [-0.15, -0.1) is 5.10 Å². The molecule has 1 aromatic heterocycles. The van der Waals surface area contributed by atoms with Crippen LogP contribution in [-0.4, -0.2) is 33.8 Å². The van der Waals surface area contributed by atoms with Crippen molar-refractivity contribution in [2.24, 2.45) is 0 Å². The van der Waals surface area contributed by atoms with Gasteiger partial charge in [0.2, 0.25) is 0 Å². The van der Waals surface area contributed by atoms with E-state index >= 15 is 0 Å². The van der Waals surface area contributed by atoms with E-state index in [1.165, 1.54) is 0 Å². The largest absolute Gasteiger partial charge is 0.384 e. The molecule has 0 bridgehead atoms. The third-order valence-electron chi connectivity index (χ3n) is 2.16. The summed E-state index contributed by atoms with van der Waals surface area (Å²) in [6.45, 7) is 0.292. The fraction of sp³-hybridized carbons (Fsp3) is 0.750. The topological polar surface area (TPSA) is 60.2 Å². The van der Waals surface area contributed by atoms with Gasteiger partial charge in [-0.05, 0) is 12.8 Å². The minimum atomic E-state index is -0.611. The van der Waals surface area contributed by atoms with Crippen LogP contribution in [0.3, 0.4) is 0 Å². The average Bonchev–Trinajstić information content (AvgIpc) is 2.84. The van der Waals surface area contributed by atoms with Gasteiger partial charge in [0, 0.05) is 7.11 Å². The van der Waals surface area contributed by atoms with Gasteiger partial charge in [-0.2, -0.15) is 0 Å². The van der Waals surface area contributed by atoms with Crippen LogP contribution in [0.5, 0.6) is 0 Å². The van der Waals surface area contributed by atoms with Gasteiger partial charge in [-0.25, -0.2) is 4.68 Å². The molecule has 0 unspecified atom stereocenters. The molecular weight excluding hydrogens is 170 g/mol. The minimum Gasteiger partial charge on any atom is -0.384 e. The van der Waals surface area contributed by atoms with E-state index < -0.39 is 6.10 Å². The minimum absolute atomic E-state index is 0.292. The standard InChI is InChI=1S/C8H13N3O2/c1-13-5-8(12)7-4-9-10-11(7)6-2-3-6/h4,6,8,12H,2-3,5H2,1H3/t8-/m1/s1. The molecule has 1 atom stereocenters. The summed E-state index contributed by atoms with van der Waals surface area (Å²) in [6.07, 6.45) is 3.26. The second-order valence-corrected chi connectivity index (χ2v) is 3.31. The van der Waals surface area contributed by atoms with E-state index in [-0.39, 0.29) is 0 Å². The van der Waals surface area contributed by atoms with Gasteiger partial charge in [-0.3, -0.25) is 0 Å². The van der Waals surface area contributed by atoms with E-state index in [9.17, 15) is 5.11 Å². The normalized spacial score (nSPS) is 18.9. The summed E-state index contributed by atoms with van der Waals surface area (Å²) in [7, 11) is 1.56. The van der Waals surface area contributed by atoms with Gasteiger partial charge in [0.05, 0.1) is 24.5 Å². The molecule has 1 aliphatic rings. The summed E-state index contributed by atoms with van der Waals surface area (Å²) in [5, 5.41) is 17.4. The zero-order chi connectivity index (χ0) is 9.26. The van der Waals surface area contributed by atoms with Crippen molar-refractivity contribution >= 4 is 0 Å². The molecule has 1 heterocycles. The maximum Gasteiger partial charge on any atom is 0.120 e. The van der Waals surface area contributed by atoms with Crippen LogP contribution in [0.25, 0.3) is 0 Å². The number of aliphatic hydroxyl groups is 1. The Hall–Kier alpha value is -0.940. The molecule has 5 heteroatoms. The van der Waals surface area contributed by atoms with E-state index in [0.29, 0.717) is 12.6 Å². The van der Waals surface area contributed by atoms with E-state index in [4.69, 9.17) is 4.74 Å². The van der Waals surface area contributed by atoms with Crippen molar-refractivity contribution in [3.05, 3.63) is 11.9 Å². The molecule has 1 aliphatic carbocycles. The Bertz CT molecular complexity index is 283. The van der Waals surface area contributed by atoms with E-state index in [0.717, 1.165) is 18.5 Å². The van der Waals surface area contributed by atoms with E-state index in [1.807, 2.05) is 0 Å². The van der Waals surface area contributed by atoms with Crippen molar-refractivity contribution in [3.8, 4) is 0 Å². The molecule has 72 valence electrons. The number of aliphatic hydroxyl groups excluding tert-OH is 1. The van der Waals surface area contributed by atoms with Crippen LogP contribution in [0, 0.1) is 0 Å². The van der Waals surface area contributed by atoms with E-state index in [2.05, 4.69) is 10.3 Å². The van der Waals surface area contributed by atoms with Crippen LogP contribution in [0.2, 0.25) is 0 Å². The smallest absolute Gasteiger partial charge is 0.120 e. The van der Waals surface area contributed by atoms with Crippen LogP contribution in [0.1, 0.15) is 30.7 Å². The summed E-state index contributed by atoms with van der Waals surface area (Å²) >= 11 is 0. The van der Waals surface area contributed by atoms with Crippen molar-refractivity contribution < 1.29 is 9.84 Å². The highest BCUT2D eigenvalue weighted by Crippen LogP contribution is 2.35. The van der Waals surface area contributed by atoms with Crippen molar-refractivity contribution in [3.63, 3.8) is 0 Å². The molecule has 0 saturated heterocycles. The van der Waals surface area contributed by atoms with E-state index in [1.54, 1.807) is 18.0 Å². The average molecular weight is 183 g/mol.